The number of rotatable bonds is 3. The van der Waals surface area contributed by atoms with Crippen LogP contribution < -0.4 is 0 Å². The highest BCUT2D eigenvalue weighted by molar-refractivity contribution is 6.30. The number of nitrogens with zero attached hydrogens (tertiary/aromatic N) is 2. The van der Waals surface area contributed by atoms with Crippen molar-refractivity contribution in [3.8, 4) is 0 Å². The fraction of sp³-hybridized carbons (Fsp3) is 0.615. The third kappa shape index (κ3) is 3.19. The van der Waals surface area contributed by atoms with Crippen LogP contribution in [0.1, 0.15) is 31.9 Å². The van der Waals surface area contributed by atoms with E-state index in [-0.39, 0.29) is 0 Å². The zero-order valence-electron chi connectivity index (χ0n) is 9.82. The van der Waals surface area contributed by atoms with Crippen molar-refractivity contribution >= 4 is 11.6 Å². The van der Waals surface area contributed by atoms with Crippen LogP contribution in [0.2, 0.25) is 5.02 Å². The van der Waals surface area contributed by atoms with Gasteiger partial charge in [-0.05, 0) is 44.0 Å². The first-order valence-corrected chi connectivity index (χ1v) is 6.48. The van der Waals surface area contributed by atoms with E-state index in [1.165, 1.54) is 32.4 Å². The van der Waals surface area contributed by atoms with Gasteiger partial charge in [-0.15, -0.1) is 0 Å². The zero-order chi connectivity index (χ0) is 11.4. The standard InChI is InChI=1S/C13H19ClN2/c1-2-11-4-7-16(8-5-11)10-13-9-12(14)3-6-15-13/h3,6,9,11H,2,4-5,7-8,10H2,1H3. The van der Waals surface area contributed by atoms with Gasteiger partial charge in [-0.3, -0.25) is 9.88 Å². The van der Waals surface area contributed by atoms with E-state index in [0.717, 1.165) is 23.2 Å². The molecule has 0 N–H and O–H groups in total. The first-order chi connectivity index (χ1) is 7.78. The van der Waals surface area contributed by atoms with Gasteiger partial charge in [-0.1, -0.05) is 24.9 Å². The predicted octanol–water partition coefficient (Wildman–Crippen LogP) is 3.36. The molecule has 1 saturated heterocycles. The molecular weight excluding hydrogens is 220 g/mol. The minimum Gasteiger partial charge on any atom is -0.297 e. The molecule has 1 aliphatic rings. The number of piperidine rings is 1. The molecule has 0 spiro atoms. The Morgan fingerprint density at radius 2 is 2.19 bits per heavy atom. The first-order valence-electron chi connectivity index (χ1n) is 6.10. The Kier molecular flexibility index (Phi) is 4.19. The quantitative estimate of drug-likeness (QED) is 0.803. The minimum absolute atomic E-state index is 0.786. The summed E-state index contributed by atoms with van der Waals surface area (Å²) in [5, 5.41) is 0.786. The lowest BCUT2D eigenvalue weighted by Gasteiger charge is -2.31. The van der Waals surface area contributed by atoms with E-state index in [1.807, 2.05) is 12.1 Å². The van der Waals surface area contributed by atoms with Crippen molar-refractivity contribution in [1.29, 1.82) is 0 Å². The molecule has 0 aliphatic carbocycles. The van der Waals surface area contributed by atoms with Crippen LogP contribution in [0.5, 0.6) is 0 Å². The molecule has 0 saturated carbocycles. The molecule has 2 heterocycles. The number of aromatic nitrogens is 1. The Balaban J connectivity index is 1.87. The highest BCUT2D eigenvalue weighted by Gasteiger charge is 2.17. The summed E-state index contributed by atoms with van der Waals surface area (Å²) in [5.41, 5.74) is 1.09. The second-order valence-electron chi connectivity index (χ2n) is 4.59. The van der Waals surface area contributed by atoms with Gasteiger partial charge in [0.2, 0.25) is 0 Å². The predicted molar refractivity (Wildman–Crippen MR) is 67.5 cm³/mol. The van der Waals surface area contributed by atoms with E-state index >= 15 is 0 Å². The Morgan fingerprint density at radius 1 is 1.44 bits per heavy atom. The molecule has 1 aromatic heterocycles. The summed E-state index contributed by atoms with van der Waals surface area (Å²) in [7, 11) is 0. The van der Waals surface area contributed by atoms with Crippen LogP contribution in [-0.4, -0.2) is 23.0 Å². The molecule has 0 aromatic carbocycles. The fourth-order valence-electron chi connectivity index (χ4n) is 2.32. The van der Waals surface area contributed by atoms with Crippen LogP contribution in [0.4, 0.5) is 0 Å². The molecule has 1 aromatic rings. The van der Waals surface area contributed by atoms with Crippen molar-refractivity contribution in [2.75, 3.05) is 13.1 Å². The van der Waals surface area contributed by atoms with Gasteiger partial charge in [-0.25, -0.2) is 0 Å². The highest BCUT2D eigenvalue weighted by atomic mass is 35.5. The Labute approximate surface area is 103 Å². The molecule has 3 heteroatoms. The van der Waals surface area contributed by atoms with Crippen molar-refractivity contribution in [2.24, 2.45) is 5.92 Å². The van der Waals surface area contributed by atoms with Gasteiger partial charge in [-0.2, -0.15) is 0 Å². The van der Waals surface area contributed by atoms with E-state index in [4.69, 9.17) is 11.6 Å². The average Bonchev–Trinajstić information content (AvgIpc) is 2.30. The van der Waals surface area contributed by atoms with E-state index in [2.05, 4.69) is 16.8 Å². The van der Waals surface area contributed by atoms with E-state index < -0.39 is 0 Å². The number of hydrogen-bond acceptors (Lipinski definition) is 2. The maximum Gasteiger partial charge on any atom is 0.0558 e. The summed E-state index contributed by atoms with van der Waals surface area (Å²) in [4.78, 5) is 6.82. The summed E-state index contributed by atoms with van der Waals surface area (Å²) < 4.78 is 0. The number of halogens is 1. The summed E-state index contributed by atoms with van der Waals surface area (Å²) in [6.45, 7) is 5.63. The highest BCUT2D eigenvalue weighted by Crippen LogP contribution is 2.21. The van der Waals surface area contributed by atoms with E-state index in [1.54, 1.807) is 6.20 Å². The molecule has 0 radical (unpaired) electrons. The monoisotopic (exact) mass is 238 g/mol. The summed E-state index contributed by atoms with van der Waals surface area (Å²) >= 11 is 5.95. The van der Waals surface area contributed by atoms with Gasteiger partial charge in [0.05, 0.1) is 5.69 Å². The van der Waals surface area contributed by atoms with Gasteiger partial charge in [0, 0.05) is 17.8 Å². The maximum absolute atomic E-state index is 5.95. The largest absolute Gasteiger partial charge is 0.297 e. The molecule has 0 unspecified atom stereocenters. The van der Waals surface area contributed by atoms with Crippen LogP contribution in [0, 0.1) is 5.92 Å². The number of hydrogen-bond donors (Lipinski definition) is 0. The van der Waals surface area contributed by atoms with Gasteiger partial charge in [0.25, 0.3) is 0 Å². The topological polar surface area (TPSA) is 16.1 Å². The molecule has 0 bridgehead atoms. The number of likely N-dealkylation sites (tertiary alicyclic amines) is 1. The van der Waals surface area contributed by atoms with Crippen molar-refractivity contribution in [3.05, 3.63) is 29.0 Å². The number of pyridine rings is 1. The van der Waals surface area contributed by atoms with Crippen LogP contribution >= 0.6 is 11.6 Å². The Bertz CT molecular complexity index is 332. The first kappa shape index (κ1) is 11.9. The van der Waals surface area contributed by atoms with Crippen molar-refractivity contribution in [1.82, 2.24) is 9.88 Å². The minimum atomic E-state index is 0.786. The van der Waals surface area contributed by atoms with Crippen LogP contribution in [0.3, 0.4) is 0 Å². The average molecular weight is 239 g/mol. The Morgan fingerprint density at radius 3 is 2.81 bits per heavy atom. The molecule has 1 fully saturated rings. The maximum atomic E-state index is 5.95. The fourth-order valence-corrected chi connectivity index (χ4v) is 2.50. The molecule has 1 aliphatic heterocycles. The second-order valence-corrected chi connectivity index (χ2v) is 5.03. The normalized spacial score (nSPS) is 18.9. The van der Waals surface area contributed by atoms with Gasteiger partial charge in [0.15, 0.2) is 0 Å². The summed E-state index contributed by atoms with van der Waals surface area (Å²) in [6, 6.07) is 3.79. The third-order valence-electron chi connectivity index (χ3n) is 3.45. The molecule has 16 heavy (non-hydrogen) atoms. The molecule has 2 rings (SSSR count). The van der Waals surface area contributed by atoms with Gasteiger partial charge >= 0.3 is 0 Å². The van der Waals surface area contributed by atoms with Gasteiger partial charge < -0.3 is 0 Å². The molecule has 0 amide bonds. The lowest BCUT2D eigenvalue weighted by molar-refractivity contribution is 0.173. The van der Waals surface area contributed by atoms with E-state index in [9.17, 15) is 0 Å². The third-order valence-corrected chi connectivity index (χ3v) is 3.68. The second kappa shape index (κ2) is 5.65. The van der Waals surface area contributed by atoms with Crippen molar-refractivity contribution < 1.29 is 0 Å². The van der Waals surface area contributed by atoms with Crippen LogP contribution in [-0.2, 0) is 6.54 Å². The van der Waals surface area contributed by atoms with Crippen molar-refractivity contribution in [2.45, 2.75) is 32.7 Å². The summed E-state index contributed by atoms with van der Waals surface area (Å²) in [5.74, 6) is 0.934. The lowest BCUT2D eigenvalue weighted by atomic mass is 9.94. The molecule has 0 atom stereocenters. The Hall–Kier alpha value is -0.600. The molecule has 2 nitrogen and oxygen atoms in total. The molecular formula is C13H19ClN2. The van der Waals surface area contributed by atoms with Crippen molar-refractivity contribution in [3.63, 3.8) is 0 Å². The lowest BCUT2D eigenvalue weighted by Crippen LogP contribution is -2.33. The smallest absolute Gasteiger partial charge is 0.0558 e. The van der Waals surface area contributed by atoms with Crippen LogP contribution in [0.25, 0.3) is 0 Å². The SMILES string of the molecule is CCC1CCN(Cc2cc(Cl)ccn2)CC1. The molecule has 88 valence electrons. The van der Waals surface area contributed by atoms with Crippen LogP contribution in [0.15, 0.2) is 18.3 Å². The zero-order valence-corrected chi connectivity index (χ0v) is 10.6. The van der Waals surface area contributed by atoms with E-state index in [0.29, 0.717) is 0 Å². The summed E-state index contributed by atoms with van der Waals surface area (Å²) in [6.07, 6.45) is 5.77. The van der Waals surface area contributed by atoms with Gasteiger partial charge in [0.1, 0.15) is 0 Å².